The molecule has 140 valence electrons. The van der Waals surface area contributed by atoms with Gasteiger partial charge in [0.05, 0.1) is 0 Å². The summed E-state index contributed by atoms with van der Waals surface area (Å²) in [6.45, 7) is 8.54. The van der Waals surface area contributed by atoms with E-state index in [9.17, 15) is 0 Å². The third-order valence-electron chi connectivity index (χ3n) is 3.96. The van der Waals surface area contributed by atoms with Gasteiger partial charge in [0.25, 0.3) is 0 Å². The van der Waals surface area contributed by atoms with Crippen molar-refractivity contribution in [3.8, 4) is 5.75 Å². The largest absolute Gasteiger partial charge is 0.492 e. The van der Waals surface area contributed by atoms with Crippen molar-refractivity contribution in [2.24, 2.45) is 0 Å². The molecule has 0 aliphatic carbocycles. The normalized spacial score (nSPS) is 14.8. The maximum atomic E-state index is 9.10. The molecule has 0 aromatic heterocycles. The van der Waals surface area contributed by atoms with Crippen LogP contribution in [0.2, 0.25) is 0 Å². The van der Waals surface area contributed by atoms with Crippen LogP contribution >= 0.6 is 15.9 Å². The van der Waals surface area contributed by atoms with Gasteiger partial charge in [-0.1, -0.05) is 28.8 Å². The van der Waals surface area contributed by atoms with Crippen molar-refractivity contribution in [3.05, 3.63) is 27.7 Å². The number of aryl methyl sites for hydroxylation is 2. The number of carboxylic acid groups (broad SMARTS) is 2. The maximum absolute atomic E-state index is 9.10. The average molecular weight is 416 g/mol. The zero-order valence-electron chi connectivity index (χ0n) is 14.8. The standard InChI is InChI=1S/C16H24BrNO.C2H2O4/c1-13-11-15(17)12-14(2)16(13)19-10-9-18-7-5-3-4-6-8-18;3-1(4)2(5)6/h11-12H,3-10H2,1-2H3;(H,3,4)(H,5,6). The van der Waals surface area contributed by atoms with E-state index in [0.29, 0.717) is 0 Å². The van der Waals surface area contributed by atoms with Crippen molar-refractivity contribution < 1.29 is 24.5 Å². The first-order valence-electron chi connectivity index (χ1n) is 8.39. The molecule has 0 unspecified atom stereocenters. The monoisotopic (exact) mass is 415 g/mol. The Bertz CT molecular complexity index is 548. The average Bonchev–Trinajstić information content (AvgIpc) is 2.79. The van der Waals surface area contributed by atoms with Gasteiger partial charge in [-0.25, -0.2) is 9.59 Å². The predicted molar refractivity (Wildman–Crippen MR) is 99.3 cm³/mol. The summed E-state index contributed by atoms with van der Waals surface area (Å²) in [5, 5.41) is 14.8. The fourth-order valence-electron chi connectivity index (χ4n) is 2.76. The van der Waals surface area contributed by atoms with Crippen molar-refractivity contribution in [2.45, 2.75) is 39.5 Å². The number of likely N-dealkylation sites (tertiary alicyclic amines) is 1. The van der Waals surface area contributed by atoms with Crippen LogP contribution in [0.1, 0.15) is 36.8 Å². The molecule has 2 N–H and O–H groups in total. The van der Waals surface area contributed by atoms with Gasteiger partial charge in [-0.2, -0.15) is 0 Å². The van der Waals surface area contributed by atoms with Crippen molar-refractivity contribution in [2.75, 3.05) is 26.2 Å². The van der Waals surface area contributed by atoms with Crippen LogP contribution in [0.3, 0.4) is 0 Å². The minimum Gasteiger partial charge on any atom is -0.492 e. The topological polar surface area (TPSA) is 87.1 Å². The van der Waals surface area contributed by atoms with Gasteiger partial charge >= 0.3 is 11.9 Å². The molecule has 6 nitrogen and oxygen atoms in total. The van der Waals surface area contributed by atoms with E-state index >= 15 is 0 Å². The van der Waals surface area contributed by atoms with Gasteiger partial charge in [0.1, 0.15) is 12.4 Å². The van der Waals surface area contributed by atoms with Gasteiger partial charge in [0.2, 0.25) is 0 Å². The third-order valence-corrected chi connectivity index (χ3v) is 4.42. The van der Waals surface area contributed by atoms with Crippen LogP contribution < -0.4 is 4.74 Å². The SMILES string of the molecule is Cc1cc(Br)cc(C)c1OCCN1CCCCCC1.O=C(O)C(=O)O. The van der Waals surface area contributed by atoms with Crippen molar-refractivity contribution in [3.63, 3.8) is 0 Å². The van der Waals surface area contributed by atoms with Crippen LogP contribution in [0, 0.1) is 13.8 Å². The molecular formula is C18H26BrNO5. The fourth-order valence-corrected chi connectivity index (χ4v) is 3.45. The molecule has 1 saturated heterocycles. The number of hydrogen-bond donors (Lipinski definition) is 2. The van der Waals surface area contributed by atoms with Crippen LogP contribution in [0.5, 0.6) is 5.75 Å². The number of aliphatic carboxylic acids is 2. The Hall–Kier alpha value is -1.60. The Labute approximate surface area is 156 Å². The van der Waals surface area contributed by atoms with E-state index in [0.717, 1.165) is 23.4 Å². The van der Waals surface area contributed by atoms with Crippen molar-refractivity contribution in [1.29, 1.82) is 0 Å². The molecule has 1 fully saturated rings. The molecule has 0 saturated carbocycles. The second-order valence-electron chi connectivity index (χ2n) is 6.08. The van der Waals surface area contributed by atoms with Gasteiger partial charge < -0.3 is 14.9 Å². The van der Waals surface area contributed by atoms with Gasteiger partial charge in [0.15, 0.2) is 0 Å². The maximum Gasteiger partial charge on any atom is 0.414 e. The minimum atomic E-state index is -1.82. The third kappa shape index (κ3) is 8.36. The number of hydrogen-bond acceptors (Lipinski definition) is 4. The first-order chi connectivity index (χ1) is 11.8. The Kier molecular flexibility index (Phi) is 9.52. The molecule has 1 aromatic carbocycles. The lowest BCUT2D eigenvalue weighted by Gasteiger charge is -2.20. The number of rotatable bonds is 4. The van der Waals surface area contributed by atoms with E-state index in [-0.39, 0.29) is 0 Å². The zero-order chi connectivity index (χ0) is 18.8. The molecule has 0 bridgehead atoms. The van der Waals surface area contributed by atoms with E-state index in [2.05, 4.69) is 46.8 Å². The van der Waals surface area contributed by atoms with Crippen LogP contribution in [0.4, 0.5) is 0 Å². The Morgan fingerprint density at radius 2 is 1.52 bits per heavy atom. The molecule has 25 heavy (non-hydrogen) atoms. The molecule has 1 aliphatic rings. The van der Waals surface area contributed by atoms with Crippen molar-refractivity contribution >= 4 is 27.9 Å². The summed E-state index contributed by atoms with van der Waals surface area (Å²) in [7, 11) is 0. The quantitative estimate of drug-likeness (QED) is 0.731. The summed E-state index contributed by atoms with van der Waals surface area (Å²) in [5.41, 5.74) is 2.42. The van der Waals surface area contributed by atoms with E-state index in [1.54, 1.807) is 0 Å². The molecule has 7 heteroatoms. The Morgan fingerprint density at radius 1 is 1.04 bits per heavy atom. The first-order valence-corrected chi connectivity index (χ1v) is 9.18. The van der Waals surface area contributed by atoms with Gasteiger partial charge in [-0.3, -0.25) is 4.90 Å². The summed E-state index contributed by atoms with van der Waals surface area (Å²) >= 11 is 3.52. The van der Waals surface area contributed by atoms with E-state index < -0.39 is 11.9 Å². The Morgan fingerprint density at radius 3 is 1.96 bits per heavy atom. The smallest absolute Gasteiger partial charge is 0.414 e. The second kappa shape index (κ2) is 11.1. The van der Waals surface area contributed by atoms with Crippen LogP contribution in [0.15, 0.2) is 16.6 Å². The molecule has 1 heterocycles. The minimum absolute atomic E-state index is 0.795. The van der Waals surface area contributed by atoms with Gasteiger partial charge in [0, 0.05) is 11.0 Å². The number of ether oxygens (including phenoxy) is 1. The molecule has 0 spiro atoms. The lowest BCUT2D eigenvalue weighted by atomic mass is 10.1. The van der Waals surface area contributed by atoms with Crippen LogP contribution in [-0.4, -0.2) is 53.3 Å². The molecule has 1 aliphatic heterocycles. The first kappa shape index (κ1) is 21.4. The molecule has 2 rings (SSSR count). The number of carbonyl (C=O) groups is 2. The summed E-state index contributed by atoms with van der Waals surface area (Å²) < 4.78 is 7.13. The molecule has 1 aromatic rings. The molecule has 0 radical (unpaired) electrons. The van der Waals surface area contributed by atoms with Crippen molar-refractivity contribution in [1.82, 2.24) is 4.90 Å². The number of nitrogens with zero attached hydrogens (tertiary/aromatic N) is 1. The highest BCUT2D eigenvalue weighted by Crippen LogP contribution is 2.27. The molecular weight excluding hydrogens is 390 g/mol. The summed E-state index contributed by atoms with van der Waals surface area (Å²) in [6, 6.07) is 4.24. The van der Waals surface area contributed by atoms with Gasteiger partial charge in [-0.15, -0.1) is 0 Å². The van der Waals surface area contributed by atoms with Gasteiger partial charge in [-0.05, 0) is 63.0 Å². The summed E-state index contributed by atoms with van der Waals surface area (Å²) in [5.74, 6) is -2.59. The summed E-state index contributed by atoms with van der Waals surface area (Å²) in [4.78, 5) is 20.7. The van der Waals surface area contributed by atoms with Crippen LogP contribution in [0.25, 0.3) is 0 Å². The Balaban J connectivity index is 0.000000450. The number of benzene rings is 1. The van der Waals surface area contributed by atoms with E-state index in [1.165, 1.54) is 49.9 Å². The fraction of sp³-hybridized carbons (Fsp3) is 0.556. The lowest BCUT2D eigenvalue weighted by Crippen LogP contribution is -2.29. The highest BCUT2D eigenvalue weighted by molar-refractivity contribution is 9.10. The predicted octanol–water partition coefficient (Wildman–Crippen LogP) is 3.48. The summed E-state index contributed by atoms with van der Waals surface area (Å²) in [6.07, 6.45) is 5.47. The number of carboxylic acids is 2. The molecule has 0 atom stereocenters. The molecule has 0 amide bonds. The van der Waals surface area contributed by atoms with E-state index in [4.69, 9.17) is 24.5 Å². The highest BCUT2D eigenvalue weighted by Gasteiger charge is 2.10. The second-order valence-corrected chi connectivity index (χ2v) is 7.00. The highest BCUT2D eigenvalue weighted by atomic mass is 79.9. The van der Waals surface area contributed by atoms with E-state index in [1.807, 2.05) is 0 Å². The van der Waals surface area contributed by atoms with Crippen LogP contribution in [-0.2, 0) is 9.59 Å². The number of halogens is 1. The lowest BCUT2D eigenvalue weighted by molar-refractivity contribution is -0.159. The zero-order valence-corrected chi connectivity index (χ0v) is 16.3.